The molecule has 1 amide bonds. The maximum atomic E-state index is 12.3. The Labute approximate surface area is 123 Å². The van der Waals surface area contributed by atoms with Crippen LogP contribution >= 0.6 is 0 Å². The van der Waals surface area contributed by atoms with Crippen molar-refractivity contribution in [2.24, 2.45) is 11.1 Å². The molecule has 0 spiro atoms. The minimum atomic E-state index is -0.335. The zero-order valence-corrected chi connectivity index (χ0v) is 13.2. The molecule has 2 aliphatic rings. The quantitative estimate of drug-likeness (QED) is 0.757. The highest BCUT2D eigenvalue weighted by molar-refractivity contribution is 5.83. The van der Waals surface area contributed by atoms with Gasteiger partial charge in [0.05, 0.1) is 5.41 Å². The smallest absolute Gasteiger partial charge is 0.227 e. The molecule has 1 heterocycles. The summed E-state index contributed by atoms with van der Waals surface area (Å²) in [6.07, 6.45) is 8.05. The Balaban J connectivity index is 1.67. The number of likely N-dealkylation sites (tertiary alicyclic amines) is 1. The summed E-state index contributed by atoms with van der Waals surface area (Å²) in [4.78, 5) is 14.8. The van der Waals surface area contributed by atoms with Gasteiger partial charge in [-0.05, 0) is 52.5 Å². The molecule has 1 saturated carbocycles. The van der Waals surface area contributed by atoms with E-state index >= 15 is 0 Å². The van der Waals surface area contributed by atoms with Crippen molar-refractivity contribution >= 4 is 5.91 Å². The number of carbonyl (C=O) groups excluding carboxylic acids is 1. The Morgan fingerprint density at radius 1 is 1.35 bits per heavy atom. The largest absolute Gasteiger partial charge is 0.356 e. The predicted molar refractivity (Wildman–Crippen MR) is 82.4 cm³/mol. The first-order valence-electron chi connectivity index (χ1n) is 8.32. The summed E-state index contributed by atoms with van der Waals surface area (Å²) in [5, 5.41) is 3.10. The third-order valence-corrected chi connectivity index (χ3v) is 5.40. The molecule has 0 bridgehead atoms. The Morgan fingerprint density at radius 2 is 2.15 bits per heavy atom. The van der Waals surface area contributed by atoms with Crippen molar-refractivity contribution < 1.29 is 4.79 Å². The fourth-order valence-corrected chi connectivity index (χ4v) is 3.65. The van der Waals surface area contributed by atoms with E-state index < -0.39 is 0 Å². The molecular weight excluding hydrogens is 250 g/mol. The molecule has 1 saturated heterocycles. The number of hydrogen-bond donors (Lipinski definition) is 2. The topological polar surface area (TPSA) is 58.4 Å². The lowest BCUT2D eigenvalue weighted by Crippen LogP contribution is -2.48. The van der Waals surface area contributed by atoms with Crippen molar-refractivity contribution in [2.75, 3.05) is 19.6 Å². The first-order chi connectivity index (χ1) is 9.54. The molecule has 116 valence electrons. The molecule has 3 N–H and O–H groups in total. The summed E-state index contributed by atoms with van der Waals surface area (Å²) in [5.74, 6) is 0.161. The Bertz CT molecular complexity index is 334. The molecule has 0 aromatic heterocycles. The zero-order valence-electron chi connectivity index (χ0n) is 13.2. The third-order valence-electron chi connectivity index (χ3n) is 5.40. The third kappa shape index (κ3) is 3.53. The summed E-state index contributed by atoms with van der Waals surface area (Å²) < 4.78 is 0. The highest BCUT2D eigenvalue weighted by atomic mass is 16.2. The van der Waals surface area contributed by atoms with Crippen LogP contribution in [0, 0.1) is 5.41 Å². The Kier molecular flexibility index (Phi) is 5.44. The number of nitrogens with one attached hydrogen (secondary N) is 1. The summed E-state index contributed by atoms with van der Waals surface area (Å²) >= 11 is 0. The van der Waals surface area contributed by atoms with E-state index in [4.69, 9.17) is 5.73 Å². The monoisotopic (exact) mass is 281 g/mol. The number of amides is 1. The van der Waals surface area contributed by atoms with Crippen molar-refractivity contribution in [2.45, 2.75) is 70.9 Å². The van der Waals surface area contributed by atoms with Crippen LogP contribution in [0.15, 0.2) is 0 Å². The van der Waals surface area contributed by atoms with Gasteiger partial charge in [0, 0.05) is 25.2 Å². The molecule has 0 aromatic rings. The number of nitrogens with two attached hydrogens (primary N) is 1. The number of carbonyl (C=O) groups is 1. The van der Waals surface area contributed by atoms with Crippen molar-refractivity contribution in [3.05, 3.63) is 0 Å². The summed E-state index contributed by atoms with van der Waals surface area (Å²) in [7, 11) is 0. The SMILES string of the molecule is CC1CCCCN1CCCNC(=O)C1(C)CCCC1N. The van der Waals surface area contributed by atoms with Gasteiger partial charge < -0.3 is 16.0 Å². The van der Waals surface area contributed by atoms with Crippen LogP contribution in [-0.4, -0.2) is 42.5 Å². The van der Waals surface area contributed by atoms with Crippen LogP contribution in [0.3, 0.4) is 0 Å². The zero-order chi connectivity index (χ0) is 14.6. The fourth-order valence-electron chi connectivity index (χ4n) is 3.65. The van der Waals surface area contributed by atoms with Gasteiger partial charge >= 0.3 is 0 Å². The van der Waals surface area contributed by atoms with E-state index in [2.05, 4.69) is 17.1 Å². The van der Waals surface area contributed by atoms with Gasteiger partial charge in [0.2, 0.25) is 5.91 Å². The molecule has 4 nitrogen and oxygen atoms in total. The summed E-state index contributed by atoms with van der Waals surface area (Å²) in [5.41, 5.74) is 5.75. The van der Waals surface area contributed by atoms with Gasteiger partial charge in [0.15, 0.2) is 0 Å². The van der Waals surface area contributed by atoms with Gasteiger partial charge in [-0.15, -0.1) is 0 Å². The fraction of sp³-hybridized carbons (Fsp3) is 0.938. The lowest BCUT2D eigenvalue weighted by atomic mass is 9.84. The maximum absolute atomic E-state index is 12.3. The van der Waals surface area contributed by atoms with E-state index in [0.29, 0.717) is 6.04 Å². The highest BCUT2D eigenvalue weighted by Gasteiger charge is 2.42. The normalized spacial score (nSPS) is 35.1. The minimum absolute atomic E-state index is 0.0321. The van der Waals surface area contributed by atoms with E-state index in [1.165, 1.54) is 25.8 Å². The molecule has 3 unspecified atom stereocenters. The number of hydrogen-bond acceptors (Lipinski definition) is 3. The minimum Gasteiger partial charge on any atom is -0.356 e. The van der Waals surface area contributed by atoms with E-state index in [1.54, 1.807) is 0 Å². The van der Waals surface area contributed by atoms with Gasteiger partial charge in [-0.3, -0.25) is 4.79 Å². The predicted octanol–water partition coefficient (Wildman–Crippen LogP) is 1.88. The average molecular weight is 281 g/mol. The first kappa shape index (κ1) is 15.8. The van der Waals surface area contributed by atoms with Crippen LogP contribution in [-0.2, 0) is 4.79 Å². The molecule has 0 radical (unpaired) electrons. The van der Waals surface area contributed by atoms with Crippen LogP contribution in [0.1, 0.15) is 58.8 Å². The van der Waals surface area contributed by atoms with Crippen LogP contribution < -0.4 is 11.1 Å². The second-order valence-corrected chi connectivity index (χ2v) is 6.91. The highest BCUT2D eigenvalue weighted by Crippen LogP contribution is 2.36. The van der Waals surface area contributed by atoms with Gasteiger partial charge in [0.1, 0.15) is 0 Å². The van der Waals surface area contributed by atoms with Crippen molar-refractivity contribution in [1.82, 2.24) is 10.2 Å². The molecule has 0 aromatic carbocycles. The maximum Gasteiger partial charge on any atom is 0.227 e. The van der Waals surface area contributed by atoms with Crippen LogP contribution in [0.2, 0.25) is 0 Å². The number of nitrogens with zero attached hydrogens (tertiary/aromatic N) is 1. The molecule has 2 fully saturated rings. The van der Waals surface area contributed by atoms with Gasteiger partial charge in [-0.2, -0.15) is 0 Å². The average Bonchev–Trinajstić information content (AvgIpc) is 2.77. The lowest BCUT2D eigenvalue weighted by molar-refractivity contribution is -0.130. The van der Waals surface area contributed by atoms with Crippen LogP contribution in [0.4, 0.5) is 0 Å². The Hall–Kier alpha value is -0.610. The molecule has 1 aliphatic carbocycles. The van der Waals surface area contributed by atoms with Crippen LogP contribution in [0.25, 0.3) is 0 Å². The molecule has 4 heteroatoms. The summed E-state index contributed by atoms with van der Waals surface area (Å²) in [6.45, 7) is 7.44. The van der Waals surface area contributed by atoms with Crippen molar-refractivity contribution in [3.8, 4) is 0 Å². The number of rotatable bonds is 5. The number of piperidine rings is 1. The first-order valence-corrected chi connectivity index (χ1v) is 8.32. The van der Waals surface area contributed by atoms with E-state index in [0.717, 1.165) is 38.8 Å². The lowest BCUT2D eigenvalue weighted by Gasteiger charge is -2.33. The van der Waals surface area contributed by atoms with Gasteiger partial charge in [-0.25, -0.2) is 0 Å². The standard InChI is InChI=1S/C16H31N3O/c1-13-7-3-4-11-19(13)12-6-10-18-15(20)16(2)9-5-8-14(16)17/h13-14H,3-12,17H2,1-2H3,(H,18,20). The Morgan fingerprint density at radius 3 is 2.80 bits per heavy atom. The molecule has 3 atom stereocenters. The van der Waals surface area contributed by atoms with Crippen molar-refractivity contribution in [1.29, 1.82) is 0 Å². The molecule has 1 aliphatic heterocycles. The second-order valence-electron chi connectivity index (χ2n) is 6.91. The second kappa shape index (κ2) is 6.90. The van der Waals surface area contributed by atoms with Crippen molar-refractivity contribution in [3.63, 3.8) is 0 Å². The molecule has 2 rings (SSSR count). The molecule has 20 heavy (non-hydrogen) atoms. The van der Waals surface area contributed by atoms with E-state index in [-0.39, 0.29) is 17.4 Å². The molecular formula is C16H31N3O. The van der Waals surface area contributed by atoms with E-state index in [9.17, 15) is 4.79 Å². The summed E-state index contributed by atoms with van der Waals surface area (Å²) in [6, 6.07) is 0.741. The van der Waals surface area contributed by atoms with Gasteiger partial charge in [-0.1, -0.05) is 12.8 Å². The van der Waals surface area contributed by atoms with E-state index in [1.807, 2.05) is 6.92 Å². The van der Waals surface area contributed by atoms with Crippen LogP contribution in [0.5, 0.6) is 0 Å². The van der Waals surface area contributed by atoms with Gasteiger partial charge in [0.25, 0.3) is 0 Å².